The number of benzene rings is 2. The Kier molecular flexibility index (Phi) is 6.83. The third kappa shape index (κ3) is 4.28. The van der Waals surface area contributed by atoms with Crippen LogP contribution in [0.1, 0.15) is 25.5 Å². The van der Waals surface area contributed by atoms with Gasteiger partial charge >= 0.3 is 5.95 Å². The number of aliphatic hydroxyl groups is 1. The summed E-state index contributed by atoms with van der Waals surface area (Å²) >= 11 is 12.1. The summed E-state index contributed by atoms with van der Waals surface area (Å²) < 4.78 is 4.08. The number of likely N-dealkylation sites (N-methyl/N-ethyl adjacent to an activating group) is 1. The van der Waals surface area contributed by atoms with E-state index in [1.807, 2.05) is 22.8 Å². The predicted molar refractivity (Wildman–Crippen MR) is 116 cm³/mol. The van der Waals surface area contributed by atoms with Gasteiger partial charge < -0.3 is 10.0 Å². The summed E-state index contributed by atoms with van der Waals surface area (Å²) in [6.45, 7) is 8.39. The summed E-state index contributed by atoms with van der Waals surface area (Å²) in [6, 6.07) is 13.3. The Hall–Kier alpha value is -1.79. The van der Waals surface area contributed by atoms with E-state index in [1.165, 1.54) is 0 Å². The molecule has 0 radical (unpaired) electrons. The van der Waals surface area contributed by atoms with Crippen LogP contribution in [-0.4, -0.2) is 34.2 Å². The molecular weight excluding hydrogens is 395 g/mol. The largest absolute Gasteiger partial charge is 0.385 e. The summed E-state index contributed by atoms with van der Waals surface area (Å²) in [7, 11) is 0. The highest BCUT2D eigenvalue weighted by Gasteiger charge is 2.23. The van der Waals surface area contributed by atoms with Crippen molar-refractivity contribution in [2.24, 2.45) is 0 Å². The van der Waals surface area contributed by atoms with E-state index in [2.05, 4.69) is 29.4 Å². The zero-order valence-corrected chi connectivity index (χ0v) is 17.8. The number of aliphatic hydroxyl groups excluding tert-OH is 1. The lowest BCUT2D eigenvalue weighted by Crippen LogP contribution is -2.39. The van der Waals surface area contributed by atoms with E-state index in [9.17, 15) is 5.11 Å². The molecule has 150 valence electrons. The van der Waals surface area contributed by atoms with Crippen molar-refractivity contribution >= 4 is 40.2 Å². The minimum Gasteiger partial charge on any atom is -0.385 e. The van der Waals surface area contributed by atoms with Crippen molar-refractivity contribution < 1.29 is 9.67 Å². The molecule has 3 rings (SSSR count). The molecule has 1 atom stereocenters. The second-order valence-corrected chi connectivity index (χ2v) is 7.64. The van der Waals surface area contributed by atoms with Gasteiger partial charge in [0.05, 0.1) is 16.6 Å². The minimum absolute atomic E-state index is 0.336. The van der Waals surface area contributed by atoms with E-state index < -0.39 is 6.10 Å². The average Bonchev–Trinajstić information content (AvgIpc) is 2.96. The average molecular weight is 422 g/mol. The molecule has 0 amide bonds. The first-order valence-electron chi connectivity index (χ1n) is 9.58. The van der Waals surface area contributed by atoms with Gasteiger partial charge in [0.15, 0.2) is 0 Å². The lowest BCUT2D eigenvalue weighted by molar-refractivity contribution is -0.666. The summed E-state index contributed by atoms with van der Waals surface area (Å²) in [5.74, 6) is 0.632. The van der Waals surface area contributed by atoms with E-state index in [0.29, 0.717) is 28.1 Å². The summed E-state index contributed by atoms with van der Waals surface area (Å²) in [6.07, 6.45) is -0.746. The number of rotatable bonds is 8. The van der Waals surface area contributed by atoms with Crippen molar-refractivity contribution in [3.05, 3.63) is 58.1 Å². The molecule has 5 nitrogen and oxygen atoms in total. The number of nitrogens with two attached hydrogens (primary N) is 1. The van der Waals surface area contributed by atoms with Crippen LogP contribution in [0.25, 0.3) is 11.0 Å². The monoisotopic (exact) mass is 421 g/mol. The second kappa shape index (κ2) is 9.14. The zero-order valence-electron chi connectivity index (χ0n) is 16.3. The fourth-order valence-corrected chi connectivity index (χ4v) is 3.83. The van der Waals surface area contributed by atoms with E-state index >= 15 is 0 Å². The number of hydrogen-bond donors (Lipinski definition) is 2. The molecule has 0 saturated heterocycles. The molecule has 28 heavy (non-hydrogen) atoms. The van der Waals surface area contributed by atoms with Crippen molar-refractivity contribution in [3.63, 3.8) is 0 Å². The number of nitrogen functional groups attached to an aromatic ring is 1. The second-order valence-electron chi connectivity index (χ2n) is 6.83. The van der Waals surface area contributed by atoms with E-state index in [-0.39, 0.29) is 0 Å². The minimum atomic E-state index is -0.746. The molecule has 3 aromatic rings. The summed E-state index contributed by atoms with van der Waals surface area (Å²) in [5.41, 5.74) is 9.29. The zero-order chi connectivity index (χ0) is 20.3. The highest BCUT2D eigenvalue weighted by Crippen LogP contribution is 2.26. The molecule has 0 aliphatic rings. The molecule has 7 heteroatoms. The first kappa shape index (κ1) is 20.9. The molecule has 0 aliphatic heterocycles. The fraction of sp³-hybridized carbons (Fsp3) is 0.381. The van der Waals surface area contributed by atoms with Gasteiger partial charge in [-0.1, -0.05) is 55.2 Å². The van der Waals surface area contributed by atoms with Crippen LogP contribution >= 0.6 is 23.2 Å². The number of fused-ring (bicyclic) bond motifs is 1. The van der Waals surface area contributed by atoms with E-state index in [0.717, 1.165) is 37.2 Å². The van der Waals surface area contributed by atoms with E-state index in [1.54, 1.807) is 18.2 Å². The summed E-state index contributed by atoms with van der Waals surface area (Å²) in [4.78, 5) is 2.36. The number of halogens is 2. The van der Waals surface area contributed by atoms with Crippen LogP contribution in [0.3, 0.4) is 0 Å². The standard InChI is InChI=1S/C21H26Cl2N4O/c1-3-25(4-2)11-12-26-18-7-5-6-8-19(18)27(21(26)24)14-20(28)15-9-10-16(22)17(23)13-15/h5-10,13,20,24,28H,3-4,11-12,14H2,1-2H3/p+1/t20-/m0/s1. The molecule has 1 heterocycles. The van der Waals surface area contributed by atoms with Crippen LogP contribution in [0.2, 0.25) is 10.0 Å². The van der Waals surface area contributed by atoms with Crippen LogP contribution in [0.15, 0.2) is 42.5 Å². The maximum atomic E-state index is 10.8. The third-order valence-electron chi connectivity index (χ3n) is 5.23. The van der Waals surface area contributed by atoms with Crippen LogP contribution in [0.5, 0.6) is 0 Å². The van der Waals surface area contributed by atoms with Gasteiger partial charge in [-0.25, -0.2) is 9.13 Å². The van der Waals surface area contributed by atoms with Gasteiger partial charge in [-0.3, -0.25) is 5.73 Å². The number of anilines is 1. The fourth-order valence-electron chi connectivity index (χ4n) is 3.52. The maximum Gasteiger partial charge on any atom is 0.356 e. The molecule has 1 aromatic heterocycles. The molecule has 0 saturated carbocycles. The Bertz CT molecular complexity index is 953. The van der Waals surface area contributed by atoms with Gasteiger partial charge in [0.1, 0.15) is 23.7 Å². The Morgan fingerprint density at radius 2 is 1.82 bits per heavy atom. The van der Waals surface area contributed by atoms with Crippen LogP contribution in [-0.2, 0) is 13.1 Å². The van der Waals surface area contributed by atoms with Crippen LogP contribution < -0.4 is 10.3 Å². The SMILES string of the molecule is CCN(CC)CCn1c(N)[n+](C[C@H](O)c2ccc(Cl)c(Cl)c2)c2ccccc21. The molecule has 0 bridgehead atoms. The number of hydrogen-bond acceptors (Lipinski definition) is 3. The molecule has 3 N–H and O–H groups in total. The molecule has 0 spiro atoms. The van der Waals surface area contributed by atoms with Crippen LogP contribution in [0.4, 0.5) is 5.95 Å². The molecule has 2 aromatic carbocycles. The van der Waals surface area contributed by atoms with Gasteiger partial charge in [-0.15, -0.1) is 0 Å². The first-order valence-corrected chi connectivity index (χ1v) is 10.3. The van der Waals surface area contributed by atoms with Crippen LogP contribution in [0, 0.1) is 0 Å². The van der Waals surface area contributed by atoms with Crippen molar-refractivity contribution in [3.8, 4) is 0 Å². The Morgan fingerprint density at radius 1 is 1.11 bits per heavy atom. The van der Waals surface area contributed by atoms with Gasteiger partial charge in [0, 0.05) is 6.54 Å². The quantitative estimate of drug-likeness (QED) is 0.542. The molecule has 0 aliphatic carbocycles. The van der Waals surface area contributed by atoms with E-state index in [4.69, 9.17) is 28.9 Å². The molecular formula is C21H27Cl2N4O+. The normalized spacial score (nSPS) is 12.8. The number of para-hydroxylation sites is 2. The van der Waals surface area contributed by atoms with Crippen molar-refractivity contribution in [1.82, 2.24) is 9.47 Å². The third-order valence-corrected chi connectivity index (χ3v) is 5.97. The predicted octanol–water partition coefficient (Wildman–Crippen LogP) is 3.89. The van der Waals surface area contributed by atoms with Crippen molar-refractivity contribution in [2.45, 2.75) is 33.0 Å². The highest BCUT2D eigenvalue weighted by molar-refractivity contribution is 6.42. The van der Waals surface area contributed by atoms with Crippen molar-refractivity contribution in [2.75, 3.05) is 25.4 Å². The Balaban J connectivity index is 1.92. The van der Waals surface area contributed by atoms with Gasteiger partial charge in [-0.05, 0) is 42.9 Å². The van der Waals surface area contributed by atoms with Crippen molar-refractivity contribution in [1.29, 1.82) is 0 Å². The number of aromatic nitrogens is 2. The number of nitrogens with zero attached hydrogens (tertiary/aromatic N) is 3. The lowest BCUT2D eigenvalue weighted by atomic mass is 10.1. The first-order chi connectivity index (χ1) is 13.5. The maximum absolute atomic E-state index is 10.8. The lowest BCUT2D eigenvalue weighted by Gasteiger charge is -2.17. The smallest absolute Gasteiger partial charge is 0.356 e. The summed E-state index contributed by atoms with van der Waals surface area (Å²) in [5, 5.41) is 11.7. The van der Waals surface area contributed by atoms with Gasteiger partial charge in [0.2, 0.25) is 0 Å². The number of imidazole rings is 1. The van der Waals surface area contributed by atoms with Gasteiger partial charge in [-0.2, -0.15) is 0 Å². The highest BCUT2D eigenvalue weighted by atomic mass is 35.5. The van der Waals surface area contributed by atoms with Gasteiger partial charge in [0.25, 0.3) is 0 Å². The Morgan fingerprint density at radius 3 is 2.50 bits per heavy atom. The topological polar surface area (TPSA) is 58.3 Å². The Labute approximate surface area is 175 Å². The molecule has 0 fully saturated rings. The molecule has 0 unspecified atom stereocenters.